The first kappa shape index (κ1) is 32.0. The lowest BCUT2D eigenvalue weighted by Crippen LogP contribution is -1.96. The Labute approximate surface area is 310 Å². The Morgan fingerprint density at radius 2 is 1.02 bits per heavy atom. The minimum Gasteiger partial charge on any atom is -0.398 e. The van der Waals surface area contributed by atoms with Crippen LogP contribution >= 0.6 is 0 Å². The molecule has 0 fully saturated rings. The van der Waals surface area contributed by atoms with Crippen LogP contribution in [0.2, 0.25) is 0 Å². The Morgan fingerprint density at radius 1 is 0.434 bits per heavy atom. The van der Waals surface area contributed by atoms with E-state index >= 15 is 0 Å². The van der Waals surface area contributed by atoms with Crippen molar-refractivity contribution < 1.29 is 0 Å². The van der Waals surface area contributed by atoms with Crippen LogP contribution in [-0.4, -0.2) is 4.57 Å². The van der Waals surface area contributed by atoms with Gasteiger partial charge in [0.2, 0.25) is 0 Å². The zero-order chi connectivity index (χ0) is 35.7. The molecule has 252 valence electrons. The van der Waals surface area contributed by atoms with E-state index in [-0.39, 0.29) is 0 Å². The van der Waals surface area contributed by atoms with E-state index in [9.17, 15) is 0 Å². The van der Waals surface area contributed by atoms with E-state index in [0.29, 0.717) is 0 Å². The molecule has 0 saturated heterocycles. The molecule has 2 heteroatoms. The standard InChI is InChI=1S/C51H38N2/c1-2-41(37-27-25-36(26-28-37)35-15-5-3-6-16-35)42-19-9-10-20-43(42)44-31-29-38(33-47(44)45-21-11-13-23-49(45)52)39-30-32-51-48(34-39)46-22-12-14-24-50(46)53(51)40-17-7-4-8-18-40/h2-34H,52H2,1H3/b41-2-. The van der Waals surface area contributed by atoms with Crippen LogP contribution in [-0.2, 0) is 0 Å². The molecule has 0 unspecified atom stereocenters. The van der Waals surface area contributed by atoms with E-state index in [0.717, 1.165) is 39.2 Å². The first-order valence-electron chi connectivity index (χ1n) is 18.2. The highest BCUT2D eigenvalue weighted by Crippen LogP contribution is 2.43. The molecular formula is C51H38N2. The van der Waals surface area contributed by atoms with Crippen LogP contribution in [0.15, 0.2) is 200 Å². The number of nitrogen functional groups attached to an aromatic ring is 1. The maximum atomic E-state index is 6.75. The molecule has 0 spiro atoms. The number of aromatic nitrogens is 1. The lowest BCUT2D eigenvalue weighted by atomic mass is 9.85. The number of fused-ring (bicyclic) bond motifs is 3. The summed E-state index contributed by atoms with van der Waals surface area (Å²) in [5.41, 5.74) is 23.8. The number of nitrogens with two attached hydrogens (primary N) is 1. The summed E-state index contributed by atoms with van der Waals surface area (Å²) >= 11 is 0. The number of anilines is 1. The zero-order valence-corrected chi connectivity index (χ0v) is 29.6. The van der Waals surface area contributed by atoms with Crippen molar-refractivity contribution in [1.82, 2.24) is 4.57 Å². The highest BCUT2D eigenvalue weighted by Gasteiger charge is 2.18. The second kappa shape index (κ2) is 13.7. The van der Waals surface area contributed by atoms with Gasteiger partial charge in [-0.15, -0.1) is 0 Å². The molecule has 2 nitrogen and oxygen atoms in total. The van der Waals surface area contributed by atoms with Gasteiger partial charge < -0.3 is 10.3 Å². The predicted molar refractivity (Wildman–Crippen MR) is 226 cm³/mol. The summed E-state index contributed by atoms with van der Waals surface area (Å²) < 4.78 is 2.36. The molecule has 0 saturated carbocycles. The van der Waals surface area contributed by atoms with Crippen molar-refractivity contribution >= 4 is 33.1 Å². The van der Waals surface area contributed by atoms with Crippen molar-refractivity contribution in [3.8, 4) is 50.2 Å². The number of nitrogens with zero attached hydrogens (tertiary/aromatic N) is 1. The largest absolute Gasteiger partial charge is 0.398 e. The summed E-state index contributed by atoms with van der Waals surface area (Å²) in [4.78, 5) is 0. The summed E-state index contributed by atoms with van der Waals surface area (Å²) in [6.45, 7) is 2.13. The normalized spacial score (nSPS) is 11.7. The van der Waals surface area contributed by atoms with Gasteiger partial charge >= 0.3 is 0 Å². The smallest absolute Gasteiger partial charge is 0.0541 e. The Morgan fingerprint density at radius 3 is 1.79 bits per heavy atom. The van der Waals surface area contributed by atoms with Crippen LogP contribution < -0.4 is 5.73 Å². The molecule has 0 bridgehead atoms. The molecule has 0 aliphatic rings. The predicted octanol–water partition coefficient (Wildman–Crippen LogP) is 13.5. The summed E-state index contributed by atoms with van der Waals surface area (Å²) in [6.07, 6.45) is 2.22. The van der Waals surface area contributed by atoms with Crippen LogP contribution in [0.4, 0.5) is 5.69 Å². The lowest BCUT2D eigenvalue weighted by Gasteiger charge is -2.19. The molecule has 8 aromatic carbocycles. The number of para-hydroxylation sites is 3. The van der Waals surface area contributed by atoms with Crippen LogP contribution in [0.1, 0.15) is 18.1 Å². The van der Waals surface area contributed by atoms with E-state index in [1.165, 1.54) is 55.2 Å². The van der Waals surface area contributed by atoms with E-state index < -0.39 is 0 Å². The third kappa shape index (κ3) is 5.81. The third-order valence-electron chi connectivity index (χ3n) is 10.4. The van der Waals surface area contributed by atoms with Gasteiger partial charge in [0.15, 0.2) is 0 Å². The highest BCUT2D eigenvalue weighted by atomic mass is 15.0. The summed E-state index contributed by atoms with van der Waals surface area (Å²) in [5, 5.41) is 2.47. The number of rotatable bonds is 7. The first-order chi connectivity index (χ1) is 26.2. The fraction of sp³-hybridized carbons (Fsp3) is 0.0196. The van der Waals surface area contributed by atoms with Gasteiger partial charge in [0.05, 0.1) is 11.0 Å². The topological polar surface area (TPSA) is 30.9 Å². The maximum absolute atomic E-state index is 6.75. The quantitative estimate of drug-likeness (QED) is 0.167. The second-order valence-corrected chi connectivity index (χ2v) is 13.5. The van der Waals surface area contributed by atoms with Gasteiger partial charge in [-0.25, -0.2) is 0 Å². The molecule has 1 aromatic heterocycles. The lowest BCUT2D eigenvalue weighted by molar-refractivity contribution is 1.18. The molecule has 9 rings (SSSR count). The molecule has 0 radical (unpaired) electrons. The molecule has 0 amide bonds. The Kier molecular flexibility index (Phi) is 8.26. The Hall–Kier alpha value is -6.90. The number of benzene rings is 8. The van der Waals surface area contributed by atoms with Gasteiger partial charge in [-0.1, -0.05) is 158 Å². The van der Waals surface area contributed by atoms with Crippen molar-refractivity contribution in [1.29, 1.82) is 0 Å². The van der Waals surface area contributed by atoms with Crippen molar-refractivity contribution in [2.24, 2.45) is 0 Å². The van der Waals surface area contributed by atoms with Crippen LogP contribution in [0.5, 0.6) is 0 Å². The average Bonchev–Trinajstić information content (AvgIpc) is 3.56. The highest BCUT2D eigenvalue weighted by molar-refractivity contribution is 6.10. The number of hydrogen-bond donors (Lipinski definition) is 1. The molecule has 0 atom stereocenters. The van der Waals surface area contributed by atoms with Crippen LogP contribution in [0.3, 0.4) is 0 Å². The molecule has 9 aromatic rings. The summed E-state index contributed by atoms with van der Waals surface area (Å²) in [5.74, 6) is 0. The van der Waals surface area contributed by atoms with Crippen molar-refractivity contribution in [3.05, 3.63) is 211 Å². The fourth-order valence-electron chi connectivity index (χ4n) is 7.83. The summed E-state index contributed by atoms with van der Waals surface area (Å²) in [7, 11) is 0. The van der Waals surface area contributed by atoms with Gasteiger partial charge in [0.1, 0.15) is 0 Å². The van der Waals surface area contributed by atoms with Gasteiger partial charge in [-0.2, -0.15) is 0 Å². The monoisotopic (exact) mass is 678 g/mol. The van der Waals surface area contributed by atoms with Gasteiger partial charge in [0, 0.05) is 27.7 Å². The molecule has 0 aliphatic heterocycles. The Bertz CT molecular complexity index is 2770. The molecular weight excluding hydrogens is 641 g/mol. The van der Waals surface area contributed by atoms with Crippen LogP contribution in [0.25, 0.3) is 77.6 Å². The van der Waals surface area contributed by atoms with Crippen molar-refractivity contribution in [2.45, 2.75) is 6.92 Å². The maximum Gasteiger partial charge on any atom is 0.0541 e. The van der Waals surface area contributed by atoms with Crippen molar-refractivity contribution in [2.75, 3.05) is 5.73 Å². The van der Waals surface area contributed by atoms with E-state index in [1.54, 1.807) is 0 Å². The van der Waals surface area contributed by atoms with Gasteiger partial charge in [-0.05, 0) is 105 Å². The SMILES string of the molecule is C/C=C(/c1ccc(-c2ccccc2)cc1)c1ccccc1-c1ccc(-c2ccc3c(c2)c2ccccc2n3-c2ccccc2)cc1-c1ccccc1N. The number of hydrogen-bond acceptors (Lipinski definition) is 1. The third-order valence-corrected chi connectivity index (χ3v) is 10.4. The molecule has 1 heterocycles. The fourth-order valence-corrected chi connectivity index (χ4v) is 7.83. The van der Waals surface area contributed by atoms with E-state index in [1.807, 2.05) is 12.1 Å². The number of allylic oxidation sites excluding steroid dienone is 1. The minimum atomic E-state index is 0.757. The Balaban J connectivity index is 1.18. The van der Waals surface area contributed by atoms with Gasteiger partial charge in [-0.3, -0.25) is 0 Å². The second-order valence-electron chi connectivity index (χ2n) is 13.5. The van der Waals surface area contributed by atoms with Crippen molar-refractivity contribution in [3.63, 3.8) is 0 Å². The molecule has 2 N–H and O–H groups in total. The molecule has 0 aliphatic carbocycles. The zero-order valence-electron chi connectivity index (χ0n) is 29.6. The minimum absolute atomic E-state index is 0.757. The first-order valence-corrected chi connectivity index (χ1v) is 18.2. The summed E-state index contributed by atoms with van der Waals surface area (Å²) in [6, 6.07) is 69.4. The van der Waals surface area contributed by atoms with E-state index in [2.05, 4.69) is 200 Å². The molecule has 53 heavy (non-hydrogen) atoms. The van der Waals surface area contributed by atoms with Gasteiger partial charge in [0.25, 0.3) is 0 Å². The van der Waals surface area contributed by atoms with E-state index in [4.69, 9.17) is 5.73 Å². The van der Waals surface area contributed by atoms with Crippen LogP contribution in [0, 0.1) is 0 Å². The average molecular weight is 679 g/mol.